The molecule has 0 saturated heterocycles. The lowest BCUT2D eigenvalue weighted by atomic mass is 9.98. The highest BCUT2D eigenvalue weighted by Gasteiger charge is 2.44. The van der Waals surface area contributed by atoms with Gasteiger partial charge in [0.1, 0.15) is 29.1 Å². The SMILES string of the molecule is COC(=O)c1oc2c(c1C(=O)OC)N(c1ccc(OC)cc1)[C@@H](c1ccccn1)[C@@H](O)c1cscc1-2. The van der Waals surface area contributed by atoms with E-state index in [2.05, 4.69) is 4.98 Å². The fourth-order valence-electron chi connectivity index (χ4n) is 4.41. The first-order valence-electron chi connectivity index (χ1n) is 10.9. The summed E-state index contributed by atoms with van der Waals surface area (Å²) in [6.07, 6.45) is 0.573. The van der Waals surface area contributed by atoms with Crippen molar-refractivity contribution in [1.82, 2.24) is 4.98 Å². The van der Waals surface area contributed by atoms with E-state index in [1.807, 2.05) is 11.4 Å². The number of pyridine rings is 1. The number of carbonyl (C=O) groups excluding carboxylic acids is 2. The zero-order chi connectivity index (χ0) is 25.4. The van der Waals surface area contributed by atoms with Gasteiger partial charge >= 0.3 is 11.9 Å². The predicted octanol–water partition coefficient (Wildman–Crippen LogP) is 4.91. The van der Waals surface area contributed by atoms with Gasteiger partial charge in [0.25, 0.3) is 0 Å². The van der Waals surface area contributed by atoms with Gasteiger partial charge in [0.2, 0.25) is 5.76 Å². The second-order valence-electron chi connectivity index (χ2n) is 7.92. The van der Waals surface area contributed by atoms with Gasteiger partial charge in [0.15, 0.2) is 5.76 Å². The summed E-state index contributed by atoms with van der Waals surface area (Å²) in [5.41, 5.74) is 2.43. The molecule has 0 fully saturated rings. The number of fused-ring (bicyclic) bond motifs is 3. The zero-order valence-corrected chi connectivity index (χ0v) is 20.4. The minimum absolute atomic E-state index is 0.109. The first-order valence-corrected chi connectivity index (χ1v) is 11.9. The van der Waals surface area contributed by atoms with Crippen molar-refractivity contribution in [2.75, 3.05) is 26.2 Å². The van der Waals surface area contributed by atoms with Gasteiger partial charge in [0.05, 0.1) is 27.0 Å². The molecule has 5 rings (SSSR count). The molecule has 4 aromatic rings. The average Bonchev–Trinajstić information content (AvgIpc) is 3.54. The van der Waals surface area contributed by atoms with Crippen molar-refractivity contribution in [2.45, 2.75) is 12.1 Å². The molecule has 9 nitrogen and oxygen atoms in total. The molecular weight excluding hydrogens is 484 g/mol. The topological polar surface area (TPSA) is 111 Å². The number of aliphatic hydroxyl groups is 1. The van der Waals surface area contributed by atoms with E-state index in [4.69, 9.17) is 18.6 Å². The van der Waals surface area contributed by atoms with Crippen molar-refractivity contribution in [3.63, 3.8) is 0 Å². The Kier molecular flexibility index (Phi) is 6.21. The molecule has 0 aliphatic carbocycles. The van der Waals surface area contributed by atoms with Crippen molar-refractivity contribution in [3.8, 4) is 17.1 Å². The van der Waals surface area contributed by atoms with Crippen LogP contribution in [-0.4, -0.2) is 43.4 Å². The minimum atomic E-state index is -1.06. The molecule has 2 atom stereocenters. The molecule has 0 amide bonds. The van der Waals surface area contributed by atoms with E-state index in [9.17, 15) is 14.7 Å². The van der Waals surface area contributed by atoms with Crippen molar-refractivity contribution in [2.24, 2.45) is 0 Å². The second kappa shape index (κ2) is 9.48. The maximum atomic E-state index is 13.1. The lowest BCUT2D eigenvalue weighted by molar-refractivity contribution is 0.0529. The van der Waals surface area contributed by atoms with Gasteiger partial charge in [-0.05, 0) is 41.8 Å². The number of hydrogen-bond donors (Lipinski definition) is 1. The van der Waals surface area contributed by atoms with Crippen LogP contribution in [0.4, 0.5) is 11.4 Å². The van der Waals surface area contributed by atoms with E-state index >= 15 is 0 Å². The largest absolute Gasteiger partial charge is 0.497 e. The van der Waals surface area contributed by atoms with E-state index in [1.54, 1.807) is 60.0 Å². The summed E-state index contributed by atoms with van der Waals surface area (Å²) >= 11 is 1.37. The number of ether oxygens (including phenoxy) is 3. The van der Waals surface area contributed by atoms with Crippen LogP contribution in [0.2, 0.25) is 0 Å². The number of methoxy groups -OCH3 is 3. The Morgan fingerprint density at radius 1 is 1.03 bits per heavy atom. The van der Waals surface area contributed by atoms with E-state index in [0.717, 1.165) is 0 Å². The number of esters is 2. The molecule has 3 aromatic heterocycles. The summed E-state index contributed by atoms with van der Waals surface area (Å²) in [6.45, 7) is 0. The Morgan fingerprint density at radius 3 is 2.42 bits per heavy atom. The second-order valence-corrected chi connectivity index (χ2v) is 8.66. The Morgan fingerprint density at radius 2 is 1.78 bits per heavy atom. The summed E-state index contributed by atoms with van der Waals surface area (Å²) in [5.74, 6) is -1.05. The van der Waals surface area contributed by atoms with Crippen LogP contribution in [0, 0.1) is 0 Å². The number of nitrogens with zero attached hydrogens (tertiary/aromatic N) is 2. The van der Waals surface area contributed by atoms with Gasteiger partial charge in [-0.3, -0.25) is 4.98 Å². The highest BCUT2D eigenvalue weighted by molar-refractivity contribution is 7.08. The Bertz CT molecular complexity index is 1410. The molecule has 10 heteroatoms. The fourth-order valence-corrected chi connectivity index (χ4v) is 5.27. The molecule has 1 aliphatic rings. The smallest absolute Gasteiger partial charge is 0.374 e. The van der Waals surface area contributed by atoms with Crippen LogP contribution in [0.25, 0.3) is 11.3 Å². The molecule has 0 unspecified atom stereocenters. The third-order valence-electron chi connectivity index (χ3n) is 6.06. The van der Waals surface area contributed by atoms with Crippen LogP contribution in [0.3, 0.4) is 0 Å². The highest BCUT2D eigenvalue weighted by atomic mass is 32.1. The molecule has 0 spiro atoms. The number of furan rings is 1. The third-order valence-corrected chi connectivity index (χ3v) is 6.82. The van der Waals surface area contributed by atoms with Crippen molar-refractivity contribution in [3.05, 3.63) is 82.0 Å². The van der Waals surface area contributed by atoms with Crippen LogP contribution in [0.1, 0.15) is 44.3 Å². The van der Waals surface area contributed by atoms with Gasteiger partial charge in [-0.15, -0.1) is 0 Å². The number of aromatic nitrogens is 1. The van der Waals surface area contributed by atoms with Gasteiger partial charge in [-0.25, -0.2) is 9.59 Å². The number of benzene rings is 1. The first-order chi connectivity index (χ1) is 17.5. The summed E-state index contributed by atoms with van der Waals surface area (Å²) in [7, 11) is 3.98. The lowest BCUT2D eigenvalue weighted by Gasteiger charge is -2.35. The standard InChI is InChI=1S/C26H22N2O7S/c1-32-15-9-7-14(8-10-15)28-20(18-6-4-5-11-27-18)22(29)16-12-36-13-17(16)23-21(28)19(25(30)33-2)24(35-23)26(31)34-3/h4-13,20,22,29H,1-3H3/t20-,22-/m0/s1. The summed E-state index contributed by atoms with van der Waals surface area (Å²) in [4.78, 5) is 32.1. The predicted molar refractivity (Wildman–Crippen MR) is 132 cm³/mol. The zero-order valence-electron chi connectivity index (χ0n) is 19.6. The van der Waals surface area contributed by atoms with E-state index in [1.165, 1.54) is 25.6 Å². The van der Waals surface area contributed by atoms with Crippen molar-refractivity contribution >= 4 is 34.7 Å². The molecule has 0 saturated carbocycles. The van der Waals surface area contributed by atoms with Gasteiger partial charge in [0, 0.05) is 28.4 Å². The Hall–Kier alpha value is -4.15. The van der Waals surface area contributed by atoms with Crippen LogP contribution < -0.4 is 9.64 Å². The highest BCUT2D eigenvalue weighted by Crippen LogP contribution is 2.54. The van der Waals surface area contributed by atoms with Crippen LogP contribution in [0.5, 0.6) is 5.75 Å². The minimum Gasteiger partial charge on any atom is -0.497 e. The number of aliphatic hydroxyl groups excluding tert-OH is 1. The Labute approximate surface area is 210 Å². The molecule has 36 heavy (non-hydrogen) atoms. The number of carbonyl (C=O) groups is 2. The van der Waals surface area contributed by atoms with E-state index < -0.39 is 24.1 Å². The maximum Gasteiger partial charge on any atom is 0.374 e. The van der Waals surface area contributed by atoms with Crippen molar-refractivity contribution < 1.29 is 33.3 Å². The normalized spacial score (nSPS) is 16.5. The fraction of sp³-hybridized carbons (Fsp3) is 0.192. The number of thiophene rings is 1. The number of anilines is 2. The summed E-state index contributed by atoms with van der Waals surface area (Å²) in [6, 6.07) is 11.7. The van der Waals surface area contributed by atoms with Crippen molar-refractivity contribution in [1.29, 1.82) is 0 Å². The van der Waals surface area contributed by atoms with Gasteiger partial charge in [-0.2, -0.15) is 11.3 Å². The molecule has 1 N–H and O–H groups in total. The van der Waals surface area contributed by atoms with E-state index in [-0.39, 0.29) is 22.8 Å². The molecule has 184 valence electrons. The van der Waals surface area contributed by atoms with Crippen LogP contribution >= 0.6 is 11.3 Å². The Balaban J connectivity index is 1.90. The number of rotatable bonds is 5. The monoisotopic (exact) mass is 506 g/mol. The lowest BCUT2D eigenvalue weighted by Crippen LogP contribution is -2.30. The molecule has 1 aliphatic heterocycles. The average molecular weight is 507 g/mol. The molecule has 0 bridgehead atoms. The summed E-state index contributed by atoms with van der Waals surface area (Å²) < 4.78 is 21.3. The molecular formula is C26H22N2O7S. The third kappa shape index (κ3) is 3.71. The van der Waals surface area contributed by atoms with Crippen LogP contribution in [0.15, 0.2) is 63.8 Å². The molecule has 0 radical (unpaired) electrons. The molecule has 4 heterocycles. The van der Waals surface area contributed by atoms with Gasteiger partial charge < -0.3 is 28.6 Å². The quantitative estimate of drug-likeness (QED) is 0.377. The van der Waals surface area contributed by atoms with Gasteiger partial charge in [-0.1, -0.05) is 6.07 Å². The summed E-state index contributed by atoms with van der Waals surface area (Å²) in [5, 5.41) is 15.3. The number of hydrogen-bond acceptors (Lipinski definition) is 10. The first kappa shape index (κ1) is 23.6. The molecule has 1 aromatic carbocycles. The van der Waals surface area contributed by atoms with E-state index in [0.29, 0.717) is 28.3 Å². The van der Waals surface area contributed by atoms with Crippen LogP contribution in [-0.2, 0) is 9.47 Å². The maximum absolute atomic E-state index is 13.1.